The van der Waals surface area contributed by atoms with Gasteiger partial charge in [-0.15, -0.1) is 0 Å². The second-order valence-electron chi connectivity index (χ2n) is 6.50. The number of carboxylic acid groups (broad SMARTS) is 2. The van der Waals surface area contributed by atoms with E-state index in [1.54, 1.807) is 15.7 Å². The molecule has 0 saturated carbocycles. The lowest BCUT2D eigenvalue weighted by atomic mass is 10.0. The van der Waals surface area contributed by atoms with E-state index in [0.717, 1.165) is 21.8 Å². The highest BCUT2D eigenvalue weighted by Gasteiger charge is 2.32. The maximum atomic E-state index is 12.1. The molecule has 27 heavy (non-hydrogen) atoms. The first-order valence-electron chi connectivity index (χ1n) is 8.57. The molecule has 2 aromatic rings. The molecule has 0 bridgehead atoms. The third-order valence-corrected chi connectivity index (χ3v) is 5.33. The van der Waals surface area contributed by atoms with Crippen molar-refractivity contribution in [2.45, 2.75) is 19.0 Å². The van der Waals surface area contributed by atoms with Gasteiger partial charge in [0.15, 0.2) is 0 Å². The van der Waals surface area contributed by atoms with E-state index < -0.39 is 18.0 Å². The van der Waals surface area contributed by atoms with Gasteiger partial charge < -0.3 is 19.7 Å². The van der Waals surface area contributed by atoms with E-state index in [0.29, 0.717) is 31.7 Å². The zero-order chi connectivity index (χ0) is 19.6. The molecular weight excluding hydrogens is 418 g/mol. The average Bonchev–Trinajstić information content (AvgIpc) is 2.98. The number of piperazine rings is 1. The number of carboxylic acids is 2. The Balaban J connectivity index is 2.00. The van der Waals surface area contributed by atoms with Crippen LogP contribution in [0.1, 0.15) is 18.0 Å². The lowest BCUT2D eigenvalue weighted by molar-refractivity contribution is -0.144. The van der Waals surface area contributed by atoms with Gasteiger partial charge in [-0.2, -0.15) is 0 Å². The number of hydrogen-bond acceptors (Lipinski definition) is 4. The quantitative estimate of drug-likeness (QED) is 0.639. The lowest BCUT2D eigenvalue weighted by Crippen LogP contribution is -2.48. The van der Waals surface area contributed by atoms with Gasteiger partial charge in [0.25, 0.3) is 0 Å². The van der Waals surface area contributed by atoms with Crippen LogP contribution in [0.25, 0.3) is 10.9 Å². The van der Waals surface area contributed by atoms with Crippen LogP contribution in [0, 0.1) is 0 Å². The highest BCUT2D eigenvalue weighted by atomic mass is 79.9. The van der Waals surface area contributed by atoms with Crippen molar-refractivity contribution in [1.82, 2.24) is 14.4 Å². The molecule has 8 nitrogen and oxygen atoms in total. The molecule has 1 aliphatic heterocycles. The number of hydrogen-bond donors (Lipinski definition) is 2. The molecule has 1 aromatic heterocycles. The normalized spacial score (nSPS) is 16.4. The van der Waals surface area contributed by atoms with Crippen LogP contribution < -0.4 is 0 Å². The molecule has 1 amide bonds. The number of carbonyl (C=O) groups is 3. The molecule has 2 N–H and O–H groups in total. The number of nitrogens with zero attached hydrogens (tertiary/aromatic N) is 3. The lowest BCUT2D eigenvalue weighted by Gasteiger charge is -2.36. The van der Waals surface area contributed by atoms with E-state index in [1.165, 1.54) is 0 Å². The van der Waals surface area contributed by atoms with Crippen molar-refractivity contribution in [3.63, 3.8) is 0 Å². The van der Waals surface area contributed by atoms with Crippen LogP contribution in [0.5, 0.6) is 0 Å². The van der Waals surface area contributed by atoms with Crippen molar-refractivity contribution in [3.8, 4) is 0 Å². The van der Waals surface area contributed by atoms with Gasteiger partial charge in [-0.1, -0.05) is 22.0 Å². The SMILES string of the molecule is O=CN1CCN([C@@H](C(=O)O)c2cn(CCC(=O)O)c3cc(Br)ccc23)CC1. The zero-order valence-corrected chi connectivity index (χ0v) is 16.1. The Morgan fingerprint density at radius 1 is 1.19 bits per heavy atom. The molecule has 1 saturated heterocycles. The van der Waals surface area contributed by atoms with E-state index in [9.17, 15) is 19.5 Å². The molecule has 9 heteroatoms. The Morgan fingerprint density at radius 3 is 2.48 bits per heavy atom. The molecule has 2 heterocycles. The largest absolute Gasteiger partial charge is 0.481 e. The fourth-order valence-corrected chi connectivity index (χ4v) is 3.85. The number of halogens is 1. The Morgan fingerprint density at radius 2 is 1.89 bits per heavy atom. The van der Waals surface area contributed by atoms with E-state index >= 15 is 0 Å². The van der Waals surface area contributed by atoms with Gasteiger partial charge in [-0.05, 0) is 12.1 Å². The van der Waals surface area contributed by atoms with Crippen LogP contribution in [0.2, 0.25) is 0 Å². The van der Waals surface area contributed by atoms with Crippen LogP contribution >= 0.6 is 15.9 Å². The summed E-state index contributed by atoms with van der Waals surface area (Å²) in [6.45, 7) is 2.16. The monoisotopic (exact) mass is 437 g/mol. The van der Waals surface area contributed by atoms with Crippen LogP contribution in [-0.4, -0.2) is 69.1 Å². The van der Waals surface area contributed by atoms with E-state index in [2.05, 4.69) is 15.9 Å². The van der Waals surface area contributed by atoms with Gasteiger partial charge in [0, 0.05) is 59.9 Å². The predicted octanol–water partition coefficient (Wildman–Crippen LogP) is 1.78. The van der Waals surface area contributed by atoms with Crippen LogP contribution in [0.15, 0.2) is 28.9 Å². The maximum absolute atomic E-state index is 12.1. The first kappa shape index (κ1) is 19.4. The number of aliphatic carboxylic acids is 2. The number of aryl methyl sites for hydroxylation is 1. The number of amides is 1. The molecule has 1 aromatic carbocycles. The third kappa shape index (κ3) is 4.14. The molecule has 144 valence electrons. The van der Waals surface area contributed by atoms with Gasteiger partial charge in [-0.3, -0.25) is 19.3 Å². The second kappa shape index (κ2) is 8.10. The summed E-state index contributed by atoms with van der Waals surface area (Å²) < 4.78 is 2.63. The number of benzene rings is 1. The van der Waals surface area contributed by atoms with Gasteiger partial charge in [-0.25, -0.2) is 0 Å². The van der Waals surface area contributed by atoms with E-state index in [4.69, 9.17) is 5.11 Å². The number of rotatable bonds is 7. The van der Waals surface area contributed by atoms with Gasteiger partial charge >= 0.3 is 11.9 Å². The highest BCUT2D eigenvalue weighted by molar-refractivity contribution is 9.10. The summed E-state index contributed by atoms with van der Waals surface area (Å²) >= 11 is 3.42. The summed E-state index contributed by atoms with van der Waals surface area (Å²) in [5.74, 6) is -1.87. The Bertz CT molecular complexity index is 873. The first-order valence-corrected chi connectivity index (χ1v) is 9.36. The van der Waals surface area contributed by atoms with Crippen molar-refractivity contribution in [2.24, 2.45) is 0 Å². The molecule has 1 fully saturated rings. The van der Waals surface area contributed by atoms with Gasteiger partial charge in [0.05, 0.1) is 6.42 Å². The fraction of sp³-hybridized carbons (Fsp3) is 0.389. The maximum Gasteiger partial charge on any atom is 0.325 e. The number of aromatic nitrogens is 1. The zero-order valence-electron chi connectivity index (χ0n) is 14.5. The molecule has 3 rings (SSSR count). The van der Waals surface area contributed by atoms with Crippen LogP contribution in [0.4, 0.5) is 0 Å². The number of fused-ring (bicyclic) bond motifs is 1. The van der Waals surface area contributed by atoms with Crippen molar-refractivity contribution < 1.29 is 24.6 Å². The summed E-state index contributed by atoms with van der Waals surface area (Å²) in [4.78, 5) is 37.5. The van der Waals surface area contributed by atoms with E-state index in [-0.39, 0.29) is 13.0 Å². The summed E-state index contributed by atoms with van der Waals surface area (Å²) in [6, 6.07) is 4.71. The summed E-state index contributed by atoms with van der Waals surface area (Å²) in [5.41, 5.74) is 1.42. The standard InChI is InChI=1S/C18H20BrN3O5/c19-12-1-2-13-14(10-22(15(13)9-12)4-3-16(24)25)17(18(26)27)21-7-5-20(11-23)6-8-21/h1-2,9-11,17H,3-8H2,(H,24,25)(H,26,27)/t17-/m1/s1. The Hall–Kier alpha value is -2.39. The van der Waals surface area contributed by atoms with Gasteiger partial charge in [0.1, 0.15) is 6.04 Å². The molecule has 0 spiro atoms. The van der Waals surface area contributed by atoms with Crippen molar-refractivity contribution in [2.75, 3.05) is 26.2 Å². The summed E-state index contributed by atoms with van der Waals surface area (Å²) in [6.07, 6.45) is 2.47. The number of carbonyl (C=O) groups excluding carboxylic acids is 1. The minimum atomic E-state index is -0.963. The molecule has 0 radical (unpaired) electrons. The average molecular weight is 438 g/mol. The van der Waals surface area contributed by atoms with Gasteiger partial charge in [0.2, 0.25) is 6.41 Å². The second-order valence-corrected chi connectivity index (χ2v) is 7.42. The molecular formula is C18H20BrN3O5. The smallest absolute Gasteiger partial charge is 0.325 e. The minimum Gasteiger partial charge on any atom is -0.481 e. The third-order valence-electron chi connectivity index (χ3n) is 4.83. The Kier molecular flexibility index (Phi) is 5.81. The van der Waals surface area contributed by atoms with Crippen molar-refractivity contribution >= 4 is 45.2 Å². The molecule has 1 aliphatic rings. The van der Waals surface area contributed by atoms with Crippen molar-refractivity contribution in [1.29, 1.82) is 0 Å². The molecule has 0 unspecified atom stereocenters. The first-order chi connectivity index (χ1) is 12.9. The van der Waals surface area contributed by atoms with Crippen LogP contribution in [0.3, 0.4) is 0 Å². The summed E-state index contributed by atoms with van der Waals surface area (Å²) in [5, 5.41) is 19.7. The fourth-order valence-electron chi connectivity index (χ4n) is 3.50. The van der Waals surface area contributed by atoms with E-state index in [1.807, 2.05) is 23.1 Å². The Labute approximate surface area is 164 Å². The van der Waals surface area contributed by atoms with Crippen molar-refractivity contribution in [3.05, 3.63) is 34.4 Å². The minimum absolute atomic E-state index is 0.0501. The predicted molar refractivity (Wildman–Crippen MR) is 101 cm³/mol. The highest BCUT2D eigenvalue weighted by Crippen LogP contribution is 2.33. The topological polar surface area (TPSA) is 103 Å². The van der Waals surface area contributed by atoms with Crippen LogP contribution in [-0.2, 0) is 20.9 Å². The molecule has 0 aliphatic carbocycles. The summed E-state index contributed by atoms with van der Waals surface area (Å²) in [7, 11) is 0. The molecule has 1 atom stereocenters.